The molecule has 1 amide bonds. The number of hydrogen-bond acceptors (Lipinski definition) is 6. The van der Waals surface area contributed by atoms with Crippen LogP contribution in [0.2, 0.25) is 0 Å². The molecule has 1 aliphatic heterocycles. The van der Waals surface area contributed by atoms with E-state index in [1.807, 2.05) is 6.92 Å². The lowest BCUT2D eigenvalue weighted by molar-refractivity contribution is 0.0719. The minimum Gasteiger partial charge on any atom is -0.339 e. The van der Waals surface area contributed by atoms with Gasteiger partial charge in [-0.1, -0.05) is 12.1 Å². The minimum absolute atomic E-state index is 0.183. The third kappa shape index (κ3) is 3.08. The summed E-state index contributed by atoms with van der Waals surface area (Å²) in [6.45, 7) is 3.09. The largest absolute Gasteiger partial charge is 0.339 e. The molecule has 4 rings (SSSR count). The Bertz CT molecular complexity index is 839. The molecule has 0 bridgehead atoms. The summed E-state index contributed by atoms with van der Waals surface area (Å²) in [5.41, 5.74) is 0.0921. The Labute approximate surface area is 144 Å². The van der Waals surface area contributed by atoms with Crippen LogP contribution in [0.5, 0.6) is 0 Å². The number of hydrogen-bond donors (Lipinski definition) is 0. The van der Waals surface area contributed by atoms with Crippen LogP contribution in [0.4, 0.5) is 0 Å². The van der Waals surface area contributed by atoms with Crippen molar-refractivity contribution < 1.29 is 9.32 Å². The number of aromatic nitrogens is 4. The zero-order valence-electron chi connectivity index (χ0n) is 14.2. The monoisotopic (exact) mass is 343 g/mol. The van der Waals surface area contributed by atoms with E-state index in [2.05, 4.69) is 15.2 Å². The molecule has 0 spiro atoms. The highest BCUT2D eigenvalue weighted by atomic mass is 16.5. The fourth-order valence-corrected chi connectivity index (χ4v) is 3.24. The molecular formula is C17H21N5O3. The molecule has 2 aliphatic rings. The van der Waals surface area contributed by atoms with Crippen LogP contribution in [0.15, 0.2) is 21.5 Å². The standard InChI is InChI=1S/C17H21N5O3/c1-2-9-22-14(23)8-7-12(19-22)17(24)21-10-3-4-13(21)15-18-16(25-20-15)11-5-6-11/h7-8,11,13H,2-6,9-10H2,1H3/t13-/m0/s1. The minimum atomic E-state index is -0.191. The Hall–Kier alpha value is -2.51. The smallest absolute Gasteiger partial charge is 0.274 e. The van der Waals surface area contributed by atoms with Crippen molar-refractivity contribution in [2.45, 2.75) is 57.5 Å². The van der Waals surface area contributed by atoms with Crippen LogP contribution in [0, 0.1) is 0 Å². The van der Waals surface area contributed by atoms with Crippen LogP contribution >= 0.6 is 0 Å². The second kappa shape index (κ2) is 6.42. The lowest BCUT2D eigenvalue weighted by atomic mass is 10.2. The van der Waals surface area contributed by atoms with Gasteiger partial charge in [0.1, 0.15) is 5.69 Å². The Morgan fingerprint density at radius 2 is 2.16 bits per heavy atom. The molecule has 2 aromatic rings. The summed E-state index contributed by atoms with van der Waals surface area (Å²) >= 11 is 0. The van der Waals surface area contributed by atoms with Crippen molar-refractivity contribution in [1.29, 1.82) is 0 Å². The number of rotatable bonds is 5. The van der Waals surface area contributed by atoms with Crippen LogP contribution in [0.1, 0.15) is 73.2 Å². The summed E-state index contributed by atoms with van der Waals surface area (Å²) in [6.07, 6.45) is 4.67. The van der Waals surface area contributed by atoms with Crippen LogP contribution < -0.4 is 5.56 Å². The lowest BCUT2D eigenvalue weighted by Crippen LogP contribution is -2.34. The van der Waals surface area contributed by atoms with Crippen molar-refractivity contribution >= 4 is 5.91 Å². The van der Waals surface area contributed by atoms with Gasteiger partial charge >= 0.3 is 0 Å². The van der Waals surface area contributed by atoms with E-state index in [0.29, 0.717) is 30.7 Å². The van der Waals surface area contributed by atoms with Gasteiger partial charge < -0.3 is 9.42 Å². The molecule has 3 heterocycles. The van der Waals surface area contributed by atoms with Crippen molar-refractivity contribution in [1.82, 2.24) is 24.8 Å². The van der Waals surface area contributed by atoms with Crippen molar-refractivity contribution in [2.75, 3.05) is 6.54 Å². The zero-order chi connectivity index (χ0) is 17.4. The Morgan fingerprint density at radius 3 is 2.92 bits per heavy atom. The molecule has 0 aromatic carbocycles. The van der Waals surface area contributed by atoms with E-state index >= 15 is 0 Å². The second-order valence-corrected chi connectivity index (χ2v) is 6.70. The molecule has 1 saturated heterocycles. The SMILES string of the molecule is CCCn1nc(C(=O)N2CCC[C@H]2c2noc(C3CC3)n2)ccc1=O. The molecule has 132 valence electrons. The molecule has 8 heteroatoms. The maximum atomic E-state index is 12.9. The van der Waals surface area contributed by atoms with E-state index in [4.69, 9.17) is 4.52 Å². The number of likely N-dealkylation sites (tertiary alicyclic amines) is 1. The molecule has 0 unspecified atom stereocenters. The first kappa shape index (κ1) is 16.0. The normalized spacial score (nSPS) is 20.2. The maximum Gasteiger partial charge on any atom is 0.274 e. The fraction of sp³-hybridized carbons (Fsp3) is 0.588. The number of nitrogens with zero attached hydrogens (tertiary/aromatic N) is 5. The number of amides is 1. The lowest BCUT2D eigenvalue weighted by Gasteiger charge is -2.21. The van der Waals surface area contributed by atoms with E-state index in [-0.39, 0.29) is 23.2 Å². The van der Waals surface area contributed by atoms with E-state index in [1.165, 1.54) is 16.8 Å². The first-order valence-electron chi connectivity index (χ1n) is 8.90. The predicted octanol–water partition coefficient (Wildman–Crippen LogP) is 1.89. The Morgan fingerprint density at radius 1 is 1.32 bits per heavy atom. The van der Waals surface area contributed by atoms with Crippen LogP contribution in [-0.4, -0.2) is 37.3 Å². The van der Waals surface area contributed by atoms with Crippen LogP contribution in [0.3, 0.4) is 0 Å². The highest BCUT2D eigenvalue weighted by Crippen LogP contribution is 2.40. The van der Waals surface area contributed by atoms with Gasteiger partial charge in [0.2, 0.25) is 5.89 Å². The Kier molecular flexibility index (Phi) is 4.10. The zero-order valence-corrected chi connectivity index (χ0v) is 14.2. The summed E-state index contributed by atoms with van der Waals surface area (Å²) in [4.78, 5) is 31.0. The third-order valence-electron chi connectivity index (χ3n) is 4.72. The molecule has 2 aromatic heterocycles. The molecule has 1 aliphatic carbocycles. The highest BCUT2D eigenvalue weighted by Gasteiger charge is 2.36. The van der Waals surface area contributed by atoms with Gasteiger partial charge in [0.05, 0.1) is 6.04 Å². The first-order chi connectivity index (χ1) is 12.2. The topological polar surface area (TPSA) is 94.1 Å². The molecule has 25 heavy (non-hydrogen) atoms. The molecule has 8 nitrogen and oxygen atoms in total. The average molecular weight is 343 g/mol. The maximum absolute atomic E-state index is 12.9. The van der Waals surface area contributed by atoms with Gasteiger partial charge in [-0.15, -0.1) is 0 Å². The second-order valence-electron chi connectivity index (χ2n) is 6.70. The molecule has 0 N–H and O–H groups in total. The van der Waals surface area contributed by atoms with Crippen LogP contribution in [0.25, 0.3) is 0 Å². The summed E-state index contributed by atoms with van der Waals surface area (Å²) < 4.78 is 6.69. The molecular weight excluding hydrogens is 322 g/mol. The summed E-state index contributed by atoms with van der Waals surface area (Å²) in [5, 5.41) is 8.32. The van der Waals surface area contributed by atoms with E-state index in [0.717, 1.165) is 32.1 Å². The summed E-state index contributed by atoms with van der Waals surface area (Å²) in [5.74, 6) is 1.47. The summed E-state index contributed by atoms with van der Waals surface area (Å²) in [7, 11) is 0. The number of carbonyl (C=O) groups excluding carboxylic acids is 1. The molecule has 1 saturated carbocycles. The first-order valence-corrected chi connectivity index (χ1v) is 8.90. The van der Waals surface area contributed by atoms with Gasteiger partial charge in [-0.25, -0.2) is 4.68 Å². The molecule has 1 atom stereocenters. The predicted molar refractivity (Wildman–Crippen MR) is 88.1 cm³/mol. The van der Waals surface area contributed by atoms with Crippen LogP contribution in [-0.2, 0) is 6.54 Å². The van der Waals surface area contributed by atoms with Gasteiger partial charge in [0, 0.05) is 25.1 Å². The number of carbonyl (C=O) groups is 1. The van der Waals surface area contributed by atoms with Gasteiger partial charge in [-0.2, -0.15) is 10.1 Å². The van der Waals surface area contributed by atoms with Gasteiger partial charge in [0.25, 0.3) is 11.5 Å². The van der Waals surface area contributed by atoms with Crippen molar-refractivity contribution in [3.05, 3.63) is 39.9 Å². The average Bonchev–Trinajstić information content (AvgIpc) is 3.15. The Balaban J connectivity index is 1.57. The molecule has 0 radical (unpaired) electrons. The van der Waals surface area contributed by atoms with Gasteiger partial charge in [-0.05, 0) is 38.2 Å². The summed E-state index contributed by atoms with van der Waals surface area (Å²) in [6, 6.07) is 2.72. The highest BCUT2D eigenvalue weighted by molar-refractivity contribution is 5.92. The number of aryl methyl sites for hydroxylation is 1. The van der Waals surface area contributed by atoms with Crippen molar-refractivity contribution in [2.24, 2.45) is 0 Å². The van der Waals surface area contributed by atoms with E-state index in [9.17, 15) is 9.59 Å². The van der Waals surface area contributed by atoms with Crippen molar-refractivity contribution in [3.8, 4) is 0 Å². The quantitative estimate of drug-likeness (QED) is 0.823. The van der Waals surface area contributed by atoms with Gasteiger partial charge in [-0.3, -0.25) is 9.59 Å². The fourth-order valence-electron chi connectivity index (χ4n) is 3.24. The van der Waals surface area contributed by atoms with Crippen molar-refractivity contribution in [3.63, 3.8) is 0 Å². The van der Waals surface area contributed by atoms with E-state index < -0.39 is 0 Å². The van der Waals surface area contributed by atoms with Gasteiger partial charge in [0.15, 0.2) is 5.82 Å². The third-order valence-corrected chi connectivity index (χ3v) is 4.72. The molecule has 2 fully saturated rings. The van der Waals surface area contributed by atoms with E-state index in [1.54, 1.807) is 4.90 Å².